The van der Waals surface area contributed by atoms with E-state index in [1.165, 1.54) is 5.56 Å². The maximum Gasteiger partial charge on any atom is 0.283 e. The Hall–Kier alpha value is -4.10. The lowest BCUT2D eigenvalue weighted by molar-refractivity contribution is -0.120. The second-order valence-electron chi connectivity index (χ2n) is 7.77. The van der Waals surface area contributed by atoms with Crippen molar-refractivity contribution >= 4 is 46.4 Å². The van der Waals surface area contributed by atoms with E-state index in [0.29, 0.717) is 35.0 Å². The molecule has 1 aliphatic rings. The Labute approximate surface area is 208 Å². The fraction of sp³-hybridized carbons (Fsp3) is 0.148. The van der Waals surface area contributed by atoms with Gasteiger partial charge in [0.15, 0.2) is 0 Å². The molecule has 0 saturated carbocycles. The van der Waals surface area contributed by atoms with Crippen LogP contribution in [-0.2, 0) is 16.0 Å². The quantitative estimate of drug-likeness (QED) is 0.417. The Balaban J connectivity index is 1.44. The maximum absolute atomic E-state index is 13.0. The highest BCUT2D eigenvalue weighted by Crippen LogP contribution is 2.31. The molecule has 7 nitrogen and oxygen atoms in total. The van der Waals surface area contributed by atoms with Gasteiger partial charge in [-0.3, -0.25) is 14.4 Å². The largest absolute Gasteiger partial charge is 0.494 e. The monoisotopic (exact) mass is 489 g/mol. The molecule has 0 unspecified atom stereocenters. The minimum Gasteiger partial charge on any atom is -0.494 e. The maximum atomic E-state index is 13.0. The van der Waals surface area contributed by atoms with Crippen LogP contribution in [0.5, 0.6) is 5.75 Å². The Morgan fingerprint density at radius 1 is 0.857 bits per heavy atom. The predicted molar refractivity (Wildman–Crippen MR) is 137 cm³/mol. The van der Waals surface area contributed by atoms with Gasteiger partial charge in [0, 0.05) is 16.9 Å². The molecule has 1 heterocycles. The average Bonchev–Trinajstić information content (AvgIpc) is 3.08. The third kappa shape index (κ3) is 5.20. The number of nitrogens with zero attached hydrogens (tertiary/aromatic N) is 1. The van der Waals surface area contributed by atoms with Crippen LogP contribution in [0.1, 0.15) is 29.8 Å². The van der Waals surface area contributed by atoms with Crippen LogP contribution in [0, 0.1) is 0 Å². The number of carbonyl (C=O) groups is 3. The number of ether oxygens (including phenoxy) is 1. The molecule has 0 aromatic heterocycles. The molecular formula is C27H24ClN3O4. The van der Waals surface area contributed by atoms with Crippen LogP contribution in [-0.4, -0.2) is 24.3 Å². The molecule has 8 heteroatoms. The van der Waals surface area contributed by atoms with Crippen molar-refractivity contribution < 1.29 is 19.1 Å². The van der Waals surface area contributed by atoms with Crippen molar-refractivity contribution in [3.8, 4) is 5.75 Å². The van der Waals surface area contributed by atoms with Crippen LogP contribution in [0.25, 0.3) is 0 Å². The zero-order valence-corrected chi connectivity index (χ0v) is 20.1. The van der Waals surface area contributed by atoms with E-state index in [4.69, 9.17) is 16.3 Å². The number of aryl methyl sites for hydroxylation is 1. The summed E-state index contributed by atoms with van der Waals surface area (Å²) in [5, 5.41) is 5.56. The molecule has 3 aromatic rings. The number of amides is 3. The van der Waals surface area contributed by atoms with Crippen molar-refractivity contribution in [3.05, 3.63) is 94.7 Å². The molecule has 178 valence electrons. The lowest BCUT2D eigenvalue weighted by Crippen LogP contribution is -2.32. The second-order valence-corrected chi connectivity index (χ2v) is 8.15. The van der Waals surface area contributed by atoms with E-state index in [2.05, 4.69) is 17.6 Å². The van der Waals surface area contributed by atoms with Crippen molar-refractivity contribution in [2.45, 2.75) is 20.3 Å². The number of anilines is 3. The lowest BCUT2D eigenvalue weighted by Gasteiger charge is -2.15. The van der Waals surface area contributed by atoms with Gasteiger partial charge in [0.1, 0.15) is 16.5 Å². The number of halogens is 1. The molecule has 35 heavy (non-hydrogen) atoms. The highest BCUT2D eigenvalue weighted by atomic mass is 35.5. The standard InChI is InChI=1S/C27H24ClN3O4/c1-3-17-5-9-20(10-6-17)30-25(32)18-7-11-19(12-8-18)29-24-23(28)26(33)31(27(24)34)21-13-15-22(16-14-21)35-4-2/h5-16,29H,3-4H2,1-2H3,(H,30,32). The van der Waals surface area contributed by atoms with E-state index >= 15 is 0 Å². The first-order valence-electron chi connectivity index (χ1n) is 11.2. The van der Waals surface area contributed by atoms with Crippen molar-refractivity contribution in [2.24, 2.45) is 0 Å². The summed E-state index contributed by atoms with van der Waals surface area (Å²) in [4.78, 5) is 39.2. The van der Waals surface area contributed by atoms with Gasteiger partial charge in [0.2, 0.25) is 0 Å². The number of imide groups is 1. The van der Waals surface area contributed by atoms with Crippen LogP contribution in [0.2, 0.25) is 0 Å². The zero-order chi connectivity index (χ0) is 24.9. The van der Waals surface area contributed by atoms with Crippen molar-refractivity contribution in [2.75, 3.05) is 22.1 Å². The molecule has 0 fully saturated rings. The summed E-state index contributed by atoms with van der Waals surface area (Å²) in [6.45, 7) is 4.45. The molecule has 3 aromatic carbocycles. The summed E-state index contributed by atoms with van der Waals surface area (Å²) >= 11 is 6.21. The molecule has 0 atom stereocenters. The van der Waals surface area contributed by atoms with Crippen molar-refractivity contribution in [1.82, 2.24) is 0 Å². The summed E-state index contributed by atoms with van der Waals surface area (Å²) in [5.74, 6) is -0.809. The third-order valence-corrected chi connectivity index (χ3v) is 5.82. The van der Waals surface area contributed by atoms with E-state index in [1.807, 2.05) is 31.2 Å². The van der Waals surface area contributed by atoms with Gasteiger partial charge in [-0.1, -0.05) is 30.7 Å². The van der Waals surface area contributed by atoms with Gasteiger partial charge in [-0.05, 0) is 79.6 Å². The van der Waals surface area contributed by atoms with Gasteiger partial charge < -0.3 is 15.4 Å². The van der Waals surface area contributed by atoms with Crippen LogP contribution < -0.4 is 20.3 Å². The van der Waals surface area contributed by atoms with E-state index in [-0.39, 0.29) is 16.6 Å². The summed E-state index contributed by atoms with van der Waals surface area (Å²) in [6.07, 6.45) is 0.926. The van der Waals surface area contributed by atoms with E-state index < -0.39 is 11.8 Å². The number of hydrogen-bond donors (Lipinski definition) is 2. The van der Waals surface area contributed by atoms with Crippen LogP contribution in [0.3, 0.4) is 0 Å². The van der Waals surface area contributed by atoms with E-state index in [0.717, 1.165) is 11.3 Å². The summed E-state index contributed by atoms with van der Waals surface area (Å²) in [7, 11) is 0. The molecule has 0 spiro atoms. The highest BCUT2D eigenvalue weighted by molar-refractivity contribution is 6.53. The number of rotatable bonds is 8. The molecule has 4 rings (SSSR count). The molecular weight excluding hydrogens is 466 g/mol. The molecule has 2 N–H and O–H groups in total. The van der Waals surface area contributed by atoms with Gasteiger partial charge in [0.05, 0.1) is 12.3 Å². The van der Waals surface area contributed by atoms with Gasteiger partial charge >= 0.3 is 0 Å². The van der Waals surface area contributed by atoms with Crippen LogP contribution in [0.4, 0.5) is 17.1 Å². The Bertz CT molecular complexity index is 1280. The summed E-state index contributed by atoms with van der Waals surface area (Å²) in [5.41, 5.74) is 3.20. The van der Waals surface area contributed by atoms with Crippen molar-refractivity contribution in [1.29, 1.82) is 0 Å². The lowest BCUT2D eigenvalue weighted by atomic mass is 10.1. The Morgan fingerprint density at radius 2 is 1.49 bits per heavy atom. The third-order valence-electron chi connectivity index (χ3n) is 5.47. The minimum atomic E-state index is -0.617. The Morgan fingerprint density at radius 3 is 2.09 bits per heavy atom. The SMILES string of the molecule is CCOc1ccc(N2C(=O)C(Cl)=C(Nc3ccc(C(=O)Nc4ccc(CC)cc4)cc3)C2=O)cc1. The normalized spacial score (nSPS) is 13.3. The number of nitrogens with one attached hydrogen (secondary N) is 2. The molecule has 1 aliphatic heterocycles. The molecule has 0 radical (unpaired) electrons. The fourth-order valence-corrected chi connectivity index (χ4v) is 3.79. The first kappa shape index (κ1) is 24.0. The van der Waals surface area contributed by atoms with Gasteiger partial charge in [0.25, 0.3) is 17.7 Å². The molecule has 0 saturated heterocycles. The van der Waals surface area contributed by atoms with Crippen LogP contribution >= 0.6 is 11.6 Å². The van der Waals surface area contributed by atoms with E-state index in [9.17, 15) is 14.4 Å². The van der Waals surface area contributed by atoms with Crippen LogP contribution in [0.15, 0.2) is 83.5 Å². The minimum absolute atomic E-state index is 0.0289. The first-order chi connectivity index (χ1) is 16.9. The smallest absolute Gasteiger partial charge is 0.283 e. The Kier molecular flexibility index (Phi) is 7.17. The zero-order valence-electron chi connectivity index (χ0n) is 19.3. The second kappa shape index (κ2) is 10.4. The first-order valence-corrected chi connectivity index (χ1v) is 11.6. The van der Waals surface area contributed by atoms with E-state index in [1.54, 1.807) is 48.5 Å². The topological polar surface area (TPSA) is 87.7 Å². The van der Waals surface area contributed by atoms with Gasteiger partial charge in [-0.25, -0.2) is 4.90 Å². The predicted octanol–water partition coefficient (Wildman–Crippen LogP) is 5.34. The molecule has 0 bridgehead atoms. The molecule has 3 amide bonds. The number of benzene rings is 3. The average molecular weight is 490 g/mol. The molecule has 0 aliphatic carbocycles. The number of hydrogen-bond acceptors (Lipinski definition) is 5. The highest BCUT2D eigenvalue weighted by Gasteiger charge is 2.39. The van der Waals surface area contributed by atoms with Gasteiger partial charge in [-0.2, -0.15) is 0 Å². The fourth-order valence-electron chi connectivity index (χ4n) is 3.58. The number of carbonyl (C=O) groups excluding carboxylic acids is 3. The summed E-state index contributed by atoms with van der Waals surface area (Å²) < 4.78 is 5.40. The summed E-state index contributed by atoms with van der Waals surface area (Å²) in [6, 6.07) is 20.8. The van der Waals surface area contributed by atoms with Crippen molar-refractivity contribution in [3.63, 3.8) is 0 Å². The van der Waals surface area contributed by atoms with Gasteiger partial charge in [-0.15, -0.1) is 0 Å².